The van der Waals surface area contributed by atoms with Crippen molar-refractivity contribution in [3.8, 4) is 5.75 Å². The normalized spacial score (nSPS) is 19.1. The van der Waals surface area contributed by atoms with E-state index in [1.807, 2.05) is 34.9 Å². The van der Waals surface area contributed by atoms with Crippen molar-refractivity contribution in [1.82, 2.24) is 24.6 Å². The molecule has 0 radical (unpaired) electrons. The third-order valence-corrected chi connectivity index (χ3v) is 5.96. The van der Waals surface area contributed by atoms with Gasteiger partial charge in [-0.1, -0.05) is 12.1 Å². The molecule has 1 unspecified atom stereocenters. The average Bonchev–Trinajstić information content (AvgIpc) is 3.28. The van der Waals surface area contributed by atoms with Crippen molar-refractivity contribution < 1.29 is 14.3 Å². The molecule has 8 nitrogen and oxygen atoms in total. The van der Waals surface area contributed by atoms with Crippen molar-refractivity contribution in [2.75, 3.05) is 26.7 Å². The van der Waals surface area contributed by atoms with Crippen LogP contribution in [0, 0.1) is 6.92 Å². The summed E-state index contributed by atoms with van der Waals surface area (Å²) in [6.07, 6.45) is 2.46. The van der Waals surface area contributed by atoms with E-state index in [2.05, 4.69) is 14.8 Å². The zero-order chi connectivity index (χ0) is 20.5. The number of carbonyl (C=O) groups is 2. The van der Waals surface area contributed by atoms with Gasteiger partial charge in [-0.3, -0.25) is 9.59 Å². The first kappa shape index (κ1) is 19.4. The highest BCUT2D eigenvalue weighted by molar-refractivity contribution is 5.97. The van der Waals surface area contributed by atoms with Gasteiger partial charge in [0.25, 0.3) is 5.91 Å². The van der Waals surface area contributed by atoms with E-state index < -0.39 is 0 Å². The van der Waals surface area contributed by atoms with Crippen LogP contribution in [0.3, 0.4) is 0 Å². The van der Waals surface area contributed by atoms with E-state index in [9.17, 15) is 9.59 Å². The Hall–Kier alpha value is -2.90. The lowest BCUT2D eigenvalue weighted by molar-refractivity contribution is -0.128. The van der Waals surface area contributed by atoms with Gasteiger partial charge in [0, 0.05) is 39.5 Å². The molecule has 1 saturated heterocycles. The minimum absolute atomic E-state index is 0.0376. The minimum atomic E-state index is -0.113. The Labute approximate surface area is 170 Å². The van der Waals surface area contributed by atoms with Crippen LogP contribution < -0.4 is 4.74 Å². The van der Waals surface area contributed by atoms with Crippen molar-refractivity contribution in [3.05, 3.63) is 41.0 Å². The Morgan fingerprint density at radius 1 is 1.14 bits per heavy atom. The van der Waals surface area contributed by atoms with Crippen molar-refractivity contribution in [1.29, 1.82) is 0 Å². The number of benzene rings is 1. The lowest BCUT2D eigenvalue weighted by Gasteiger charge is -2.26. The summed E-state index contributed by atoms with van der Waals surface area (Å²) in [5.74, 6) is 2.37. The number of amides is 2. The van der Waals surface area contributed by atoms with Gasteiger partial charge in [-0.05, 0) is 31.4 Å². The maximum absolute atomic E-state index is 13.4. The van der Waals surface area contributed by atoms with Crippen LogP contribution >= 0.6 is 0 Å². The van der Waals surface area contributed by atoms with Crippen LogP contribution in [0.1, 0.15) is 53.4 Å². The molecule has 0 N–H and O–H groups in total. The Bertz CT molecular complexity index is 938. The second-order valence-electron chi connectivity index (χ2n) is 7.69. The van der Waals surface area contributed by atoms with Crippen LogP contribution in [-0.4, -0.2) is 63.1 Å². The van der Waals surface area contributed by atoms with Gasteiger partial charge in [0.15, 0.2) is 5.82 Å². The van der Waals surface area contributed by atoms with Gasteiger partial charge in [0.1, 0.15) is 11.6 Å². The second-order valence-corrected chi connectivity index (χ2v) is 7.69. The highest BCUT2D eigenvalue weighted by atomic mass is 16.5. The molecule has 0 bridgehead atoms. The quantitative estimate of drug-likeness (QED) is 0.791. The molecule has 154 valence electrons. The van der Waals surface area contributed by atoms with Crippen LogP contribution in [0.15, 0.2) is 18.2 Å². The summed E-state index contributed by atoms with van der Waals surface area (Å²) in [5, 5.41) is 8.84. The molecule has 1 fully saturated rings. The standard InChI is InChI=1S/C21H27N5O3/c1-14-6-4-7-16(19(14)29-3)21(28)25-10-5-8-17(25)20-23-22-18-9-11-24(15(2)27)12-13-26(18)20/h4,6-7,17H,5,8-13H2,1-3H3. The zero-order valence-corrected chi connectivity index (χ0v) is 17.2. The largest absolute Gasteiger partial charge is 0.496 e. The topological polar surface area (TPSA) is 80.6 Å². The molecule has 29 heavy (non-hydrogen) atoms. The number of ether oxygens (including phenoxy) is 1. The lowest BCUT2D eigenvalue weighted by atomic mass is 10.1. The van der Waals surface area contributed by atoms with E-state index in [1.165, 1.54) is 0 Å². The zero-order valence-electron chi connectivity index (χ0n) is 17.2. The number of rotatable bonds is 3. The van der Waals surface area contributed by atoms with Gasteiger partial charge in [0.05, 0.1) is 18.7 Å². The van der Waals surface area contributed by atoms with Gasteiger partial charge >= 0.3 is 0 Å². The maximum Gasteiger partial charge on any atom is 0.258 e. The number of likely N-dealkylation sites (tertiary alicyclic amines) is 1. The first-order chi connectivity index (χ1) is 14.0. The van der Waals surface area contributed by atoms with E-state index in [0.29, 0.717) is 43.9 Å². The van der Waals surface area contributed by atoms with E-state index in [0.717, 1.165) is 30.1 Å². The van der Waals surface area contributed by atoms with Crippen molar-refractivity contribution >= 4 is 11.8 Å². The highest BCUT2D eigenvalue weighted by Gasteiger charge is 2.36. The Morgan fingerprint density at radius 2 is 1.97 bits per heavy atom. The predicted molar refractivity (Wildman–Crippen MR) is 107 cm³/mol. The number of carbonyl (C=O) groups excluding carboxylic acids is 2. The lowest BCUT2D eigenvalue weighted by Crippen LogP contribution is -2.33. The fourth-order valence-corrected chi connectivity index (χ4v) is 4.43. The third kappa shape index (κ3) is 3.47. The van der Waals surface area contributed by atoms with E-state index in [-0.39, 0.29) is 17.9 Å². The summed E-state index contributed by atoms with van der Waals surface area (Å²) in [5.41, 5.74) is 1.52. The first-order valence-electron chi connectivity index (χ1n) is 10.1. The van der Waals surface area contributed by atoms with Gasteiger partial charge in [-0.2, -0.15) is 0 Å². The second kappa shape index (κ2) is 7.85. The summed E-state index contributed by atoms with van der Waals surface area (Å²) < 4.78 is 7.61. The number of aryl methyl sites for hydroxylation is 1. The SMILES string of the molecule is COc1c(C)cccc1C(=O)N1CCCC1c1nnc2n1CCN(C(C)=O)CC2. The minimum Gasteiger partial charge on any atom is -0.496 e. The third-order valence-electron chi connectivity index (χ3n) is 5.96. The molecule has 2 amide bonds. The molecule has 0 aliphatic carbocycles. The van der Waals surface area contributed by atoms with Crippen LogP contribution in [0.5, 0.6) is 5.75 Å². The Kier molecular flexibility index (Phi) is 5.25. The van der Waals surface area contributed by atoms with Crippen LogP contribution in [-0.2, 0) is 17.8 Å². The summed E-state index contributed by atoms with van der Waals surface area (Å²) in [7, 11) is 1.60. The highest BCUT2D eigenvalue weighted by Crippen LogP contribution is 2.35. The molecule has 0 saturated carbocycles. The molecule has 1 aromatic heterocycles. The van der Waals surface area contributed by atoms with Crippen LogP contribution in [0.2, 0.25) is 0 Å². The van der Waals surface area contributed by atoms with Crippen LogP contribution in [0.25, 0.3) is 0 Å². The first-order valence-corrected chi connectivity index (χ1v) is 10.1. The fourth-order valence-electron chi connectivity index (χ4n) is 4.43. The predicted octanol–water partition coefficient (Wildman–Crippen LogP) is 1.98. The van der Waals surface area contributed by atoms with Gasteiger partial charge in [-0.25, -0.2) is 0 Å². The number of hydrogen-bond acceptors (Lipinski definition) is 5. The van der Waals surface area contributed by atoms with Crippen molar-refractivity contribution in [2.24, 2.45) is 0 Å². The Morgan fingerprint density at radius 3 is 2.72 bits per heavy atom. The molecule has 3 heterocycles. The fraction of sp³-hybridized carbons (Fsp3) is 0.524. The summed E-state index contributed by atoms with van der Waals surface area (Å²) in [6, 6.07) is 5.53. The molecule has 4 rings (SSSR count). The number of aromatic nitrogens is 3. The van der Waals surface area contributed by atoms with Gasteiger partial charge < -0.3 is 19.1 Å². The number of hydrogen-bond donors (Lipinski definition) is 0. The van der Waals surface area contributed by atoms with Gasteiger partial charge in [0.2, 0.25) is 5.91 Å². The van der Waals surface area contributed by atoms with Crippen molar-refractivity contribution in [2.45, 2.75) is 45.7 Å². The summed E-state index contributed by atoms with van der Waals surface area (Å²) in [6.45, 7) is 6.17. The number of fused-ring (bicyclic) bond motifs is 1. The molecular formula is C21H27N5O3. The van der Waals surface area contributed by atoms with Crippen molar-refractivity contribution in [3.63, 3.8) is 0 Å². The maximum atomic E-state index is 13.4. The smallest absolute Gasteiger partial charge is 0.258 e. The monoisotopic (exact) mass is 397 g/mol. The average molecular weight is 397 g/mol. The molecule has 1 atom stereocenters. The molecule has 8 heteroatoms. The molecule has 2 aliphatic heterocycles. The molecular weight excluding hydrogens is 370 g/mol. The van der Waals surface area contributed by atoms with Gasteiger partial charge in [-0.15, -0.1) is 10.2 Å². The number of methoxy groups -OCH3 is 1. The van der Waals surface area contributed by atoms with E-state index >= 15 is 0 Å². The van der Waals surface area contributed by atoms with Crippen LogP contribution in [0.4, 0.5) is 0 Å². The Balaban J connectivity index is 1.63. The summed E-state index contributed by atoms with van der Waals surface area (Å²) >= 11 is 0. The summed E-state index contributed by atoms with van der Waals surface area (Å²) in [4.78, 5) is 28.9. The number of para-hydroxylation sites is 1. The molecule has 1 aromatic carbocycles. The number of nitrogens with zero attached hydrogens (tertiary/aromatic N) is 5. The van der Waals surface area contributed by atoms with E-state index in [4.69, 9.17) is 4.74 Å². The molecule has 2 aromatic rings. The molecule has 0 spiro atoms. The molecule has 2 aliphatic rings. The van der Waals surface area contributed by atoms with E-state index in [1.54, 1.807) is 14.0 Å².